The Kier molecular flexibility index (Phi) is 4.18. The first-order chi connectivity index (χ1) is 13.6. The first-order valence-corrected chi connectivity index (χ1v) is 10.6. The van der Waals surface area contributed by atoms with Crippen molar-refractivity contribution < 1.29 is 18.0 Å². The van der Waals surface area contributed by atoms with Crippen LogP contribution in [-0.2, 0) is 18.8 Å². The highest BCUT2D eigenvalue weighted by Gasteiger charge is 2.52. The number of amides is 1. The average Bonchev–Trinajstić information content (AvgIpc) is 3.18. The molecule has 4 bridgehead atoms. The third-order valence-electron chi connectivity index (χ3n) is 6.80. The van der Waals surface area contributed by atoms with Gasteiger partial charge in [-0.25, -0.2) is 0 Å². The first kappa shape index (κ1) is 19.1. The smallest absolute Gasteiger partial charge is 0.304 e. The molecule has 0 aromatic carbocycles. The number of carbonyl (C=O) groups excluding carboxylic acids is 1. The van der Waals surface area contributed by atoms with Gasteiger partial charge in [0.2, 0.25) is 0 Å². The standard InChI is InChI=1S/C19H21BrF3N5O/c1-27-15(14(20)16(26-27)19(21,22)23)17(29)24-13-2-3-28(25-13)18-7-10-4-11(8-18)6-12(5-10)9-18/h2-3,10-12H,4-9H2,1H3,(H,24,25,29). The van der Waals surface area contributed by atoms with Crippen LogP contribution >= 0.6 is 15.9 Å². The topological polar surface area (TPSA) is 64.7 Å². The average molecular weight is 472 g/mol. The highest BCUT2D eigenvalue weighted by Crippen LogP contribution is 2.58. The highest BCUT2D eigenvalue weighted by atomic mass is 79.9. The van der Waals surface area contributed by atoms with Crippen LogP contribution in [0.1, 0.15) is 54.7 Å². The SMILES string of the molecule is Cn1nc(C(F)(F)F)c(Br)c1C(=O)Nc1ccn(C23CC4CC(CC(C4)C2)C3)n1. The van der Waals surface area contributed by atoms with Gasteiger partial charge in [0.15, 0.2) is 11.5 Å². The predicted molar refractivity (Wildman–Crippen MR) is 102 cm³/mol. The van der Waals surface area contributed by atoms with E-state index in [4.69, 9.17) is 0 Å². The molecule has 1 amide bonds. The number of aromatic nitrogens is 4. The van der Waals surface area contributed by atoms with Crippen molar-refractivity contribution in [2.75, 3.05) is 5.32 Å². The van der Waals surface area contributed by atoms with Gasteiger partial charge in [0.1, 0.15) is 5.69 Å². The zero-order chi connectivity index (χ0) is 20.6. The number of halogens is 4. The van der Waals surface area contributed by atoms with Crippen LogP contribution < -0.4 is 5.32 Å². The molecule has 0 radical (unpaired) electrons. The van der Waals surface area contributed by atoms with E-state index in [-0.39, 0.29) is 15.7 Å². The lowest BCUT2D eigenvalue weighted by atomic mass is 9.53. The number of alkyl halides is 3. The van der Waals surface area contributed by atoms with E-state index in [9.17, 15) is 18.0 Å². The number of hydrogen-bond acceptors (Lipinski definition) is 3. The normalized spacial score (nSPS) is 30.7. The van der Waals surface area contributed by atoms with Crippen molar-refractivity contribution in [3.8, 4) is 0 Å². The van der Waals surface area contributed by atoms with Crippen molar-refractivity contribution in [2.24, 2.45) is 24.8 Å². The van der Waals surface area contributed by atoms with Gasteiger partial charge in [0, 0.05) is 19.3 Å². The lowest BCUT2D eigenvalue weighted by Gasteiger charge is -2.56. The Morgan fingerprint density at radius 2 is 1.76 bits per heavy atom. The third kappa shape index (κ3) is 3.10. The first-order valence-electron chi connectivity index (χ1n) is 9.82. The second kappa shape index (κ2) is 6.33. The quantitative estimate of drug-likeness (QED) is 0.712. The molecule has 10 heteroatoms. The van der Waals surface area contributed by atoms with Gasteiger partial charge in [0.05, 0.1) is 10.0 Å². The van der Waals surface area contributed by atoms with Crippen LogP contribution in [0.15, 0.2) is 16.7 Å². The molecule has 1 N–H and O–H groups in total. The van der Waals surface area contributed by atoms with Crippen LogP contribution in [0, 0.1) is 17.8 Å². The van der Waals surface area contributed by atoms with E-state index in [1.54, 1.807) is 6.07 Å². The minimum absolute atomic E-state index is 0.0221. The summed E-state index contributed by atoms with van der Waals surface area (Å²) >= 11 is 2.88. The van der Waals surface area contributed by atoms with Gasteiger partial charge in [-0.3, -0.25) is 14.2 Å². The molecule has 0 atom stereocenters. The fourth-order valence-electron chi connectivity index (χ4n) is 6.10. The Labute approximate surface area is 174 Å². The largest absolute Gasteiger partial charge is 0.436 e. The maximum atomic E-state index is 13.0. The third-order valence-corrected chi connectivity index (χ3v) is 7.55. The lowest BCUT2D eigenvalue weighted by Crippen LogP contribution is -2.52. The maximum absolute atomic E-state index is 13.0. The predicted octanol–water partition coefficient (Wildman–Crippen LogP) is 4.58. The Balaban J connectivity index is 1.38. The number of nitrogens with zero attached hydrogens (tertiary/aromatic N) is 4. The van der Waals surface area contributed by atoms with Gasteiger partial charge in [-0.2, -0.15) is 23.4 Å². The molecule has 0 spiro atoms. The zero-order valence-electron chi connectivity index (χ0n) is 15.8. The number of aryl methyl sites for hydroxylation is 1. The summed E-state index contributed by atoms with van der Waals surface area (Å²) in [6, 6.07) is 1.71. The van der Waals surface area contributed by atoms with Crippen LogP contribution in [-0.4, -0.2) is 25.5 Å². The lowest BCUT2D eigenvalue weighted by molar-refractivity contribution is -0.142. The second-order valence-electron chi connectivity index (χ2n) is 8.87. The molecule has 0 aliphatic heterocycles. The molecule has 4 aliphatic carbocycles. The maximum Gasteiger partial charge on any atom is 0.436 e. The Morgan fingerprint density at radius 1 is 1.17 bits per heavy atom. The summed E-state index contributed by atoms with van der Waals surface area (Å²) in [7, 11) is 1.31. The van der Waals surface area contributed by atoms with E-state index in [2.05, 4.69) is 31.4 Å². The molecule has 2 heterocycles. The van der Waals surface area contributed by atoms with Gasteiger partial charge in [0.25, 0.3) is 5.91 Å². The number of carbonyl (C=O) groups is 1. The number of anilines is 1. The molecule has 4 saturated carbocycles. The van der Waals surface area contributed by atoms with Crippen molar-refractivity contribution >= 4 is 27.7 Å². The van der Waals surface area contributed by atoms with E-state index in [0.29, 0.717) is 5.82 Å². The Bertz CT molecular complexity index is 944. The summed E-state index contributed by atoms with van der Waals surface area (Å²) in [5.41, 5.74) is -1.29. The van der Waals surface area contributed by atoms with Crippen LogP contribution in [0.2, 0.25) is 0 Å². The van der Waals surface area contributed by atoms with E-state index < -0.39 is 17.8 Å². The van der Waals surface area contributed by atoms with Crippen molar-refractivity contribution in [1.29, 1.82) is 0 Å². The monoisotopic (exact) mass is 471 g/mol. The number of rotatable bonds is 3. The molecule has 6 rings (SSSR count). The van der Waals surface area contributed by atoms with Crippen LogP contribution in [0.4, 0.5) is 19.0 Å². The van der Waals surface area contributed by atoms with Gasteiger partial charge >= 0.3 is 6.18 Å². The zero-order valence-corrected chi connectivity index (χ0v) is 17.4. The van der Waals surface area contributed by atoms with Gasteiger partial charge in [-0.15, -0.1) is 0 Å². The van der Waals surface area contributed by atoms with Gasteiger partial charge in [-0.05, 0) is 72.2 Å². The van der Waals surface area contributed by atoms with Crippen molar-refractivity contribution in [1.82, 2.24) is 19.6 Å². The summed E-state index contributed by atoms with van der Waals surface area (Å²) in [4.78, 5) is 12.6. The van der Waals surface area contributed by atoms with Crippen LogP contribution in [0.5, 0.6) is 0 Å². The fraction of sp³-hybridized carbons (Fsp3) is 0.632. The number of nitrogens with one attached hydrogen (secondary N) is 1. The molecular formula is C19H21BrF3N5O. The molecule has 2 aromatic rings. The molecule has 4 fully saturated rings. The minimum atomic E-state index is -4.64. The van der Waals surface area contributed by atoms with Crippen LogP contribution in [0.25, 0.3) is 0 Å². The Hall–Kier alpha value is -1.84. The van der Waals surface area contributed by atoms with Crippen molar-refractivity contribution in [3.05, 3.63) is 28.1 Å². The second-order valence-corrected chi connectivity index (χ2v) is 9.67. The van der Waals surface area contributed by atoms with Crippen molar-refractivity contribution in [3.63, 3.8) is 0 Å². The molecule has 4 aliphatic rings. The van der Waals surface area contributed by atoms with E-state index >= 15 is 0 Å². The molecule has 0 unspecified atom stereocenters. The van der Waals surface area contributed by atoms with Crippen LogP contribution in [0.3, 0.4) is 0 Å². The van der Waals surface area contributed by atoms with Gasteiger partial charge in [-0.1, -0.05) is 0 Å². The molecule has 29 heavy (non-hydrogen) atoms. The summed E-state index contributed by atoms with van der Waals surface area (Å²) in [5, 5.41) is 10.7. The fourth-order valence-corrected chi connectivity index (χ4v) is 6.84. The molecule has 0 saturated heterocycles. The van der Waals surface area contributed by atoms with E-state index in [0.717, 1.165) is 41.7 Å². The molecular weight excluding hydrogens is 451 g/mol. The molecule has 6 nitrogen and oxygen atoms in total. The molecule has 156 valence electrons. The summed E-state index contributed by atoms with van der Waals surface area (Å²) in [6.45, 7) is 0. The highest BCUT2D eigenvalue weighted by molar-refractivity contribution is 9.10. The number of hydrogen-bond donors (Lipinski definition) is 1. The Morgan fingerprint density at radius 3 is 2.28 bits per heavy atom. The summed E-state index contributed by atoms with van der Waals surface area (Å²) in [6.07, 6.45) is 4.57. The molecule has 2 aromatic heterocycles. The van der Waals surface area contributed by atoms with E-state index in [1.807, 2.05) is 10.9 Å². The van der Waals surface area contributed by atoms with E-state index in [1.165, 1.54) is 26.3 Å². The summed E-state index contributed by atoms with van der Waals surface area (Å²) in [5.74, 6) is 1.93. The summed E-state index contributed by atoms with van der Waals surface area (Å²) < 4.78 is 41.7. The van der Waals surface area contributed by atoms with Gasteiger partial charge < -0.3 is 5.32 Å². The van der Waals surface area contributed by atoms with Crippen molar-refractivity contribution in [2.45, 2.75) is 50.2 Å². The minimum Gasteiger partial charge on any atom is -0.304 e.